The highest BCUT2D eigenvalue weighted by molar-refractivity contribution is 6.31. The second-order valence-corrected chi connectivity index (χ2v) is 6.53. The molecule has 1 aliphatic heterocycles. The molecule has 2 rings (SSSR count). The van der Waals surface area contributed by atoms with Gasteiger partial charge in [-0.05, 0) is 36.8 Å². The summed E-state index contributed by atoms with van der Waals surface area (Å²) in [5.74, 6) is 1.54. The van der Waals surface area contributed by atoms with Crippen molar-refractivity contribution < 1.29 is 4.79 Å². The average molecular weight is 351 g/mol. The van der Waals surface area contributed by atoms with Crippen LogP contribution >= 0.6 is 11.6 Å². The first-order valence-corrected chi connectivity index (χ1v) is 8.91. The van der Waals surface area contributed by atoms with Gasteiger partial charge in [0, 0.05) is 45.2 Å². The van der Waals surface area contributed by atoms with Crippen molar-refractivity contribution in [2.24, 2.45) is 10.9 Å². The highest BCUT2D eigenvalue weighted by Gasteiger charge is 2.22. The molecule has 0 unspecified atom stereocenters. The SMILES string of the molecule is CN=C(NCCc1ccccc1Cl)N1CCC(CC(=O)NC)CC1. The lowest BCUT2D eigenvalue weighted by molar-refractivity contribution is -0.121. The number of carbonyl (C=O) groups is 1. The summed E-state index contributed by atoms with van der Waals surface area (Å²) in [6.45, 7) is 2.68. The molecule has 24 heavy (non-hydrogen) atoms. The molecule has 6 heteroatoms. The first kappa shape index (κ1) is 18.6. The summed E-state index contributed by atoms with van der Waals surface area (Å²) < 4.78 is 0. The molecule has 5 nitrogen and oxygen atoms in total. The molecule has 0 saturated carbocycles. The number of likely N-dealkylation sites (tertiary alicyclic amines) is 1. The lowest BCUT2D eigenvalue weighted by Crippen LogP contribution is -2.46. The lowest BCUT2D eigenvalue weighted by Gasteiger charge is -2.34. The van der Waals surface area contributed by atoms with Crippen LogP contribution in [0.5, 0.6) is 0 Å². The van der Waals surface area contributed by atoms with E-state index in [1.54, 1.807) is 7.05 Å². The number of halogens is 1. The van der Waals surface area contributed by atoms with Crippen LogP contribution in [0.1, 0.15) is 24.8 Å². The molecule has 1 heterocycles. The maximum Gasteiger partial charge on any atom is 0.220 e. The molecular formula is C18H27ClN4O. The number of rotatable bonds is 5. The minimum Gasteiger partial charge on any atom is -0.359 e. The highest BCUT2D eigenvalue weighted by Crippen LogP contribution is 2.20. The molecule has 0 radical (unpaired) electrons. The van der Waals surface area contributed by atoms with Gasteiger partial charge in [-0.25, -0.2) is 0 Å². The molecule has 1 saturated heterocycles. The third-order valence-electron chi connectivity index (χ3n) is 4.51. The number of amides is 1. The Morgan fingerprint density at radius 2 is 2.04 bits per heavy atom. The zero-order valence-corrected chi connectivity index (χ0v) is 15.3. The molecule has 1 amide bonds. The van der Waals surface area contributed by atoms with Crippen molar-refractivity contribution >= 4 is 23.5 Å². The van der Waals surface area contributed by atoms with Crippen molar-refractivity contribution in [3.05, 3.63) is 34.9 Å². The quantitative estimate of drug-likeness (QED) is 0.633. The van der Waals surface area contributed by atoms with Crippen LogP contribution in [0.15, 0.2) is 29.3 Å². The summed E-state index contributed by atoms with van der Waals surface area (Å²) in [6.07, 6.45) is 3.55. The van der Waals surface area contributed by atoms with E-state index in [0.717, 1.165) is 55.4 Å². The number of benzene rings is 1. The van der Waals surface area contributed by atoms with Crippen LogP contribution < -0.4 is 10.6 Å². The molecule has 1 aromatic rings. The molecule has 0 aromatic heterocycles. The summed E-state index contributed by atoms with van der Waals surface area (Å²) in [6, 6.07) is 7.92. The summed E-state index contributed by atoms with van der Waals surface area (Å²) >= 11 is 6.19. The molecule has 2 N–H and O–H groups in total. The van der Waals surface area contributed by atoms with E-state index in [-0.39, 0.29) is 5.91 Å². The van der Waals surface area contributed by atoms with Gasteiger partial charge in [0.2, 0.25) is 5.91 Å². The Bertz CT molecular complexity index is 568. The van der Waals surface area contributed by atoms with Crippen molar-refractivity contribution in [3.63, 3.8) is 0 Å². The van der Waals surface area contributed by atoms with Crippen LogP contribution in [0.2, 0.25) is 5.02 Å². The number of aliphatic imine (C=N–C) groups is 1. The molecule has 132 valence electrons. The summed E-state index contributed by atoms with van der Waals surface area (Å²) in [7, 11) is 3.51. The van der Waals surface area contributed by atoms with Crippen LogP contribution in [0.3, 0.4) is 0 Å². The fourth-order valence-electron chi connectivity index (χ4n) is 3.06. The third-order valence-corrected chi connectivity index (χ3v) is 4.88. The van der Waals surface area contributed by atoms with Crippen molar-refractivity contribution in [1.29, 1.82) is 0 Å². The largest absolute Gasteiger partial charge is 0.359 e. The van der Waals surface area contributed by atoms with Gasteiger partial charge in [0.05, 0.1) is 0 Å². The van der Waals surface area contributed by atoms with Gasteiger partial charge in [-0.1, -0.05) is 29.8 Å². The Kier molecular flexibility index (Phi) is 7.37. The summed E-state index contributed by atoms with van der Waals surface area (Å²) in [4.78, 5) is 18.1. The first-order chi connectivity index (χ1) is 11.6. The first-order valence-electron chi connectivity index (χ1n) is 8.53. The predicted octanol–water partition coefficient (Wildman–Crippen LogP) is 2.31. The van der Waals surface area contributed by atoms with Crippen molar-refractivity contribution in [2.75, 3.05) is 33.7 Å². The third kappa shape index (κ3) is 5.41. The van der Waals surface area contributed by atoms with E-state index in [1.165, 1.54) is 0 Å². The molecular weight excluding hydrogens is 324 g/mol. The number of nitrogens with zero attached hydrogens (tertiary/aromatic N) is 2. The minimum atomic E-state index is 0.135. The van der Waals surface area contributed by atoms with E-state index in [4.69, 9.17) is 11.6 Å². The molecule has 1 aromatic carbocycles. The van der Waals surface area contributed by atoms with Crippen LogP contribution in [0.25, 0.3) is 0 Å². The van der Waals surface area contributed by atoms with Crippen LogP contribution in [0.4, 0.5) is 0 Å². The Morgan fingerprint density at radius 1 is 1.33 bits per heavy atom. The number of guanidine groups is 1. The molecule has 1 fully saturated rings. The predicted molar refractivity (Wildman–Crippen MR) is 99.5 cm³/mol. The lowest BCUT2D eigenvalue weighted by atomic mass is 9.93. The number of nitrogens with one attached hydrogen (secondary N) is 2. The van der Waals surface area contributed by atoms with Gasteiger partial charge in [0.15, 0.2) is 5.96 Å². The van der Waals surface area contributed by atoms with Gasteiger partial charge in [-0.2, -0.15) is 0 Å². The van der Waals surface area contributed by atoms with E-state index in [9.17, 15) is 4.79 Å². The molecule has 0 aliphatic carbocycles. The molecule has 0 atom stereocenters. The molecule has 0 bridgehead atoms. The Balaban J connectivity index is 1.77. The standard InChI is InChI=1S/C18H27ClN4O/c1-20-17(24)13-14-8-11-23(12-9-14)18(21-2)22-10-7-15-5-3-4-6-16(15)19/h3-6,14H,7-13H2,1-2H3,(H,20,24)(H,21,22). The maximum atomic E-state index is 11.5. The topological polar surface area (TPSA) is 56.7 Å². The number of carbonyl (C=O) groups excluding carboxylic acids is 1. The van der Waals surface area contributed by atoms with Gasteiger partial charge in [0.1, 0.15) is 0 Å². The zero-order valence-electron chi connectivity index (χ0n) is 14.5. The normalized spacial score (nSPS) is 16.1. The fourth-order valence-corrected chi connectivity index (χ4v) is 3.29. The van der Waals surface area contributed by atoms with E-state index >= 15 is 0 Å². The number of hydrogen-bond acceptors (Lipinski definition) is 2. The molecule has 1 aliphatic rings. The van der Waals surface area contributed by atoms with E-state index in [2.05, 4.69) is 26.6 Å². The monoisotopic (exact) mass is 350 g/mol. The van der Waals surface area contributed by atoms with Gasteiger partial charge in [0.25, 0.3) is 0 Å². The Morgan fingerprint density at radius 3 is 2.67 bits per heavy atom. The van der Waals surface area contributed by atoms with Crippen molar-refractivity contribution in [1.82, 2.24) is 15.5 Å². The van der Waals surface area contributed by atoms with E-state index in [1.807, 2.05) is 25.2 Å². The number of hydrogen-bond donors (Lipinski definition) is 2. The van der Waals surface area contributed by atoms with E-state index in [0.29, 0.717) is 12.3 Å². The van der Waals surface area contributed by atoms with Crippen LogP contribution in [-0.2, 0) is 11.2 Å². The maximum absolute atomic E-state index is 11.5. The van der Waals surface area contributed by atoms with Gasteiger partial charge in [-0.15, -0.1) is 0 Å². The summed E-state index contributed by atoms with van der Waals surface area (Å²) in [5.41, 5.74) is 1.14. The minimum absolute atomic E-state index is 0.135. The van der Waals surface area contributed by atoms with Crippen molar-refractivity contribution in [3.8, 4) is 0 Å². The van der Waals surface area contributed by atoms with Gasteiger partial charge >= 0.3 is 0 Å². The Hall–Kier alpha value is -1.75. The van der Waals surface area contributed by atoms with Crippen molar-refractivity contribution in [2.45, 2.75) is 25.7 Å². The van der Waals surface area contributed by atoms with E-state index < -0.39 is 0 Å². The second kappa shape index (κ2) is 9.52. The number of piperidine rings is 1. The van der Waals surface area contributed by atoms with Gasteiger partial charge < -0.3 is 15.5 Å². The molecule has 0 spiro atoms. The fraction of sp³-hybridized carbons (Fsp3) is 0.556. The average Bonchev–Trinajstić information content (AvgIpc) is 2.61. The highest BCUT2D eigenvalue weighted by atomic mass is 35.5. The zero-order chi connectivity index (χ0) is 17.4. The summed E-state index contributed by atoms with van der Waals surface area (Å²) in [5, 5.41) is 6.94. The second-order valence-electron chi connectivity index (χ2n) is 6.12. The van der Waals surface area contributed by atoms with Crippen LogP contribution in [-0.4, -0.2) is 50.5 Å². The van der Waals surface area contributed by atoms with Crippen LogP contribution in [0, 0.1) is 5.92 Å². The van der Waals surface area contributed by atoms with Gasteiger partial charge in [-0.3, -0.25) is 9.79 Å². The Labute approximate surface area is 149 Å². The smallest absolute Gasteiger partial charge is 0.220 e.